The van der Waals surface area contributed by atoms with Crippen molar-refractivity contribution >= 4 is 0 Å². The van der Waals surface area contributed by atoms with Gasteiger partial charge in [0, 0.05) is 32.3 Å². The lowest BCUT2D eigenvalue weighted by Gasteiger charge is -2.25. The Hall–Kier alpha value is -0.120. The maximum atomic E-state index is 5.69. The average Bonchev–Trinajstić information content (AvgIpc) is 1.98. The van der Waals surface area contributed by atoms with Crippen molar-refractivity contribution < 1.29 is 4.74 Å². The van der Waals surface area contributed by atoms with Crippen LogP contribution in [0.25, 0.3) is 0 Å². The summed E-state index contributed by atoms with van der Waals surface area (Å²) >= 11 is 0. The van der Waals surface area contributed by atoms with Crippen LogP contribution in [0.1, 0.15) is 20.3 Å². The first-order valence-electron chi connectivity index (χ1n) is 4.52. The summed E-state index contributed by atoms with van der Waals surface area (Å²) in [6, 6.07) is 0.802. The molecule has 0 spiro atoms. The number of hydrogen-bond acceptors (Lipinski definition) is 3. The highest BCUT2D eigenvalue weighted by atomic mass is 16.5. The normalized spacial score (nSPS) is 16.5. The monoisotopic (exact) mass is 174 g/mol. The van der Waals surface area contributed by atoms with E-state index in [0.29, 0.717) is 6.04 Å². The predicted molar refractivity (Wildman–Crippen MR) is 52.2 cm³/mol. The topological polar surface area (TPSA) is 38.5 Å². The molecule has 12 heavy (non-hydrogen) atoms. The van der Waals surface area contributed by atoms with Gasteiger partial charge in [0.25, 0.3) is 0 Å². The second-order valence-electron chi connectivity index (χ2n) is 3.55. The average molecular weight is 174 g/mol. The Morgan fingerprint density at radius 3 is 2.42 bits per heavy atom. The van der Waals surface area contributed by atoms with Crippen LogP contribution in [-0.4, -0.2) is 44.3 Å². The van der Waals surface area contributed by atoms with Gasteiger partial charge in [-0.15, -0.1) is 0 Å². The smallest absolute Gasteiger partial charge is 0.0477 e. The van der Waals surface area contributed by atoms with Gasteiger partial charge in [-0.1, -0.05) is 0 Å². The van der Waals surface area contributed by atoms with Crippen molar-refractivity contribution in [2.24, 2.45) is 5.73 Å². The summed E-state index contributed by atoms with van der Waals surface area (Å²) in [6.07, 6.45) is 1.07. The minimum atomic E-state index is 0.250. The summed E-state index contributed by atoms with van der Waals surface area (Å²) < 4.78 is 5.01. The van der Waals surface area contributed by atoms with Crippen LogP contribution in [0.3, 0.4) is 0 Å². The molecule has 0 aliphatic carbocycles. The number of likely N-dealkylation sites (N-methyl/N-ethyl adjacent to an activating group) is 1. The molecule has 0 aliphatic heterocycles. The SMILES string of the molecule is COCCC(C)N(C)CC(C)N. The number of rotatable bonds is 6. The van der Waals surface area contributed by atoms with Crippen LogP contribution in [0.4, 0.5) is 0 Å². The molecule has 0 aromatic carbocycles. The second-order valence-corrected chi connectivity index (χ2v) is 3.55. The molecule has 2 N–H and O–H groups in total. The van der Waals surface area contributed by atoms with E-state index in [2.05, 4.69) is 18.9 Å². The third-order valence-corrected chi connectivity index (χ3v) is 2.07. The van der Waals surface area contributed by atoms with E-state index in [4.69, 9.17) is 10.5 Å². The molecular formula is C9H22N2O. The Balaban J connectivity index is 3.53. The van der Waals surface area contributed by atoms with Crippen LogP contribution in [0, 0.1) is 0 Å². The second kappa shape index (κ2) is 6.40. The Morgan fingerprint density at radius 1 is 1.42 bits per heavy atom. The Bertz CT molecular complexity index is 107. The van der Waals surface area contributed by atoms with Gasteiger partial charge in [0.15, 0.2) is 0 Å². The van der Waals surface area contributed by atoms with Gasteiger partial charge in [-0.2, -0.15) is 0 Å². The van der Waals surface area contributed by atoms with Crippen molar-refractivity contribution in [3.63, 3.8) is 0 Å². The Labute approximate surface area is 75.9 Å². The van der Waals surface area contributed by atoms with Gasteiger partial charge < -0.3 is 15.4 Å². The molecule has 74 valence electrons. The van der Waals surface area contributed by atoms with Crippen molar-refractivity contribution in [2.45, 2.75) is 32.4 Å². The van der Waals surface area contributed by atoms with E-state index in [-0.39, 0.29) is 6.04 Å². The lowest BCUT2D eigenvalue weighted by atomic mass is 10.2. The van der Waals surface area contributed by atoms with Crippen LogP contribution >= 0.6 is 0 Å². The van der Waals surface area contributed by atoms with Crippen molar-refractivity contribution in [1.29, 1.82) is 0 Å². The summed E-state index contributed by atoms with van der Waals surface area (Å²) in [5.74, 6) is 0. The zero-order valence-corrected chi connectivity index (χ0v) is 8.71. The van der Waals surface area contributed by atoms with Crippen LogP contribution in [0.2, 0.25) is 0 Å². The van der Waals surface area contributed by atoms with E-state index in [9.17, 15) is 0 Å². The van der Waals surface area contributed by atoms with Gasteiger partial charge >= 0.3 is 0 Å². The van der Waals surface area contributed by atoms with Gasteiger partial charge in [0.1, 0.15) is 0 Å². The van der Waals surface area contributed by atoms with E-state index < -0.39 is 0 Å². The lowest BCUT2D eigenvalue weighted by molar-refractivity contribution is 0.150. The third-order valence-electron chi connectivity index (χ3n) is 2.07. The minimum absolute atomic E-state index is 0.250. The third kappa shape index (κ3) is 5.52. The summed E-state index contributed by atoms with van der Waals surface area (Å²) in [4.78, 5) is 2.27. The first-order valence-corrected chi connectivity index (χ1v) is 4.52. The van der Waals surface area contributed by atoms with Crippen LogP contribution in [0.5, 0.6) is 0 Å². The summed E-state index contributed by atoms with van der Waals surface area (Å²) in [5.41, 5.74) is 5.69. The van der Waals surface area contributed by atoms with E-state index in [1.54, 1.807) is 7.11 Å². The number of hydrogen-bond donors (Lipinski definition) is 1. The van der Waals surface area contributed by atoms with Gasteiger partial charge in [-0.25, -0.2) is 0 Å². The van der Waals surface area contributed by atoms with Crippen molar-refractivity contribution in [2.75, 3.05) is 27.3 Å². The molecule has 0 saturated heterocycles. The molecular weight excluding hydrogens is 152 g/mol. The summed E-state index contributed by atoms with van der Waals surface area (Å²) in [7, 11) is 3.84. The molecule has 0 aromatic rings. The molecule has 0 bridgehead atoms. The van der Waals surface area contributed by atoms with E-state index in [0.717, 1.165) is 19.6 Å². The van der Waals surface area contributed by atoms with Crippen molar-refractivity contribution in [3.05, 3.63) is 0 Å². The molecule has 0 rings (SSSR count). The van der Waals surface area contributed by atoms with Crippen LogP contribution in [-0.2, 0) is 4.74 Å². The molecule has 0 radical (unpaired) electrons. The number of methoxy groups -OCH3 is 1. The Morgan fingerprint density at radius 2 is 2.00 bits per heavy atom. The standard InChI is InChI=1S/C9H22N2O/c1-8(10)7-11(3)9(2)5-6-12-4/h8-9H,5-7,10H2,1-4H3. The molecule has 0 aromatic heterocycles. The zero-order valence-electron chi connectivity index (χ0n) is 8.71. The largest absolute Gasteiger partial charge is 0.385 e. The number of nitrogens with two attached hydrogens (primary N) is 1. The molecule has 2 atom stereocenters. The fourth-order valence-electron chi connectivity index (χ4n) is 1.14. The maximum Gasteiger partial charge on any atom is 0.0477 e. The van der Waals surface area contributed by atoms with Gasteiger partial charge in [0.05, 0.1) is 0 Å². The lowest BCUT2D eigenvalue weighted by Crippen LogP contribution is -2.38. The zero-order chi connectivity index (χ0) is 9.56. The minimum Gasteiger partial charge on any atom is -0.385 e. The first kappa shape index (κ1) is 11.9. The highest BCUT2D eigenvalue weighted by Gasteiger charge is 2.09. The van der Waals surface area contributed by atoms with E-state index >= 15 is 0 Å². The number of nitrogens with zero attached hydrogens (tertiary/aromatic N) is 1. The summed E-state index contributed by atoms with van der Waals surface area (Å²) in [5, 5.41) is 0. The van der Waals surface area contributed by atoms with E-state index in [1.165, 1.54) is 0 Å². The predicted octanol–water partition coefficient (Wildman–Crippen LogP) is 0.690. The highest BCUT2D eigenvalue weighted by molar-refractivity contribution is 4.66. The molecule has 0 heterocycles. The molecule has 3 nitrogen and oxygen atoms in total. The molecule has 0 saturated carbocycles. The van der Waals surface area contributed by atoms with Gasteiger partial charge in [-0.05, 0) is 27.3 Å². The molecule has 2 unspecified atom stereocenters. The maximum absolute atomic E-state index is 5.69. The van der Waals surface area contributed by atoms with Gasteiger partial charge in [0.2, 0.25) is 0 Å². The van der Waals surface area contributed by atoms with Crippen LogP contribution in [0.15, 0.2) is 0 Å². The highest BCUT2D eigenvalue weighted by Crippen LogP contribution is 2.01. The van der Waals surface area contributed by atoms with E-state index in [1.807, 2.05) is 6.92 Å². The molecule has 0 fully saturated rings. The van der Waals surface area contributed by atoms with Crippen molar-refractivity contribution in [3.8, 4) is 0 Å². The van der Waals surface area contributed by atoms with Gasteiger partial charge in [-0.3, -0.25) is 0 Å². The van der Waals surface area contributed by atoms with Crippen molar-refractivity contribution in [1.82, 2.24) is 4.90 Å². The molecule has 3 heteroatoms. The molecule has 0 amide bonds. The fraction of sp³-hybridized carbons (Fsp3) is 1.00. The summed E-state index contributed by atoms with van der Waals surface area (Å²) in [6.45, 7) is 6.00. The fourth-order valence-corrected chi connectivity index (χ4v) is 1.14. The molecule has 0 aliphatic rings. The Kier molecular flexibility index (Phi) is 6.34. The quantitative estimate of drug-likeness (QED) is 0.644. The van der Waals surface area contributed by atoms with Crippen LogP contribution < -0.4 is 5.73 Å². The number of ether oxygens (including phenoxy) is 1. The first-order chi connectivity index (χ1) is 5.57.